The predicted octanol–water partition coefficient (Wildman–Crippen LogP) is 2.40. The number of hydrogen-bond donors (Lipinski definition) is 2. The van der Waals surface area contributed by atoms with Crippen LogP contribution in [0.4, 0.5) is 5.69 Å². The molecule has 0 aromatic heterocycles. The molecule has 3 nitrogen and oxygen atoms in total. The number of methoxy groups -OCH3 is 1. The number of halogens is 1. The highest BCUT2D eigenvalue weighted by atomic mass is 79.9. The van der Waals surface area contributed by atoms with Crippen LogP contribution in [0.15, 0.2) is 28.7 Å². The van der Waals surface area contributed by atoms with E-state index in [4.69, 9.17) is 4.74 Å². The van der Waals surface area contributed by atoms with Crippen molar-refractivity contribution in [1.82, 2.24) is 0 Å². The fourth-order valence-corrected chi connectivity index (χ4v) is 2.48. The van der Waals surface area contributed by atoms with Crippen molar-refractivity contribution in [3.63, 3.8) is 0 Å². The number of nitrogens with one attached hydrogen (secondary N) is 1. The summed E-state index contributed by atoms with van der Waals surface area (Å²) in [4.78, 5) is 0. The van der Waals surface area contributed by atoms with Gasteiger partial charge < -0.3 is 15.2 Å². The van der Waals surface area contributed by atoms with Crippen LogP contribution in [0.2, 0.25) is 0 Å². The van der Waals surface area contributed by atoms with Crippen molar-refractivity contribution in [3.8, 4) is 0 Å². The second-order valence-electron chi connectivity index (χ2n) is 4.31. The highest BCUT2D eigenvalue weighted by Gasteiger charge is 2.44. The Morgan fingerprint density at radius 2 is 2.19 bits per heavy atom. The van der Waals surface area contributed by atoms with Crippen LogP contribution in [-0.4, -0.2) is 30.5 Å². The Labute approximate surface area is 104 Å². The summed E-state index contributed by atoms with van der Waals surface area (Å²) in [6.45, 7) is 0.133. The Kier molecular flexibility index (Phi) is 3.52. The Balaban J connectivity index is 2.06. The molecule has 0 amide bonds. The largest absolute Gasteiger partial charge is 0.394 e. The average Bonchev–Trinajstić information content (AvgIpc) is 2.25. The van der Waals surface area contributed by atoms with Crippen LogP contribution in [0.3, 0.4) is 0 Å². The molecule has 1 saturated carbocycles. The third-order valence-electron chi connectivity index (χ3n) is 3.15. The van der Waals surface area contributed by atoms with Crippen LogP contribution < -0.4 is 5.32 Å². The molecule has 0 spiro atoms. The van der Waals surface area contributed by atoms with E-state index in [2.05, 4.69) is 21.2 Å². The van der Waals surface area contributed by atoms with Gasteiger partial charge in [-0.05, 0) is 40.9 Å². The molecule has 1 aliphatic carbocycles. The summed E-state index contributed by atoms with van der Waals surface area (Å²) < 4.78 is 6.27. The third-order valence-corrected chi connectivity index (χ3v) is 3.84. The molecule has 0 aliphatic heterocycles. The summed E-state index contributed by atoms with van der Waals surface area (Å²) in [5.74, 6) is 0. The van der Waals surface area contributed by atoms with Gasteiger partial charge in [0.1, 0.15) is 0 Å². The number of hydrogen-bond acceptors (Lipinski definition) is 3. The van der Waals surface area contributed by atoms with E-state index in [0.717, 1.165) is 23.0 Å². The zero-order valence-electron chi connectivity index (χ0n) is 9.24. The van der Waals surface area contributed by atoms with Crippen LogP contribution in [-0.2, 0) is 4.74 Å². The number of para-hydroxylation sites is 1. The van der Waals surface area contributed by atoms with Gasteiger partial charge >= 0.3 is 0 Å². The number of aliphatic hydroxyl groups is 1. The van der Waals surface area contributed by atoms with Crippen molar-refractivity contribution in [2.75, 3.05) is 19.0 Å². The Morgan fingerprint density at radius 1 is 1.50 bits per heavy atom. The smallest absolute Gasteiger partial charge is 0.0663 e. The Hall–Kier alpha value is -0.580. The van der Waals surface area contributed by atoms with Crippen molar-refractivity contribution in [2.24, 2.45) is 0 Å². The molecule has 1 fully saturated rings. The zero-order valence-corrected chi connectivity index (χ0v) is 10.8. The molecule has 2 rings (SSSR count). The van der Waals surface area contributed by atoms with Crippen molar-refractivity contribution >= 4 is 21.6 Å². The van der Waals surface area contributed by atoms with E-state index in [1.54, 1.807) is 7.11 Å². The summed E-state index contributed by atoms with van der Waals surface area (Å²) in [6.07, 6.45) is 1.96. The van der Waals surface area contributed by atoms with Gasteiger partial charge in [-0.3, -0.25) is 0 Å². The van der Waals surface area contributed by atoms with Gasteiger partial charge in [-0.25, -0.2) is 0 Å². The summed E-state index contributed by atoms with van der Waals surface area (Å²) in [7, 11) is 1.71. The van der Waals surface area contributed by atoms with E-state index in [1.165, 1.54) is 0 Å². The second-order valence-corrected chi connectivity index (χ2v) is 5.16. The lowest BCUT2D eigenvalue weighted by molar-refractivity contribution is -0.0256. The van der Waals surface area contributed by atoms with Crippen LogP contribution in [0, 0.1) is 0 Å². The summed E-state index contributed by atoms with van der Waals surface area (Å²) in [5, 5.41) is 12.9. The molecule has 4 heteroatoms. The molecule has 0 saturated heterocycles. The predicted molar refractivity (Wildman–Crippen MR) is 67.6 cm³/mol. The highest BCUT2D eigenvalue weighted by Crippen LogP contribution is 2.38. The minimum absolute atomic E-state index is 0.133. The minimum atomic E-state index is -0.218. The van der Waals surface area contributed by atoms with Crippen LogP contribution >= 0.6 is 15.9 Å². The Bertz CT molecular complexity index is 364. The van der Waals surface area contributed by atoms with Gasteiger partial charge in [-0.15, -0.1) is 0 Å². The standard InChI is InChI=1S/C12H16BrNO2/c1-16-9-6-12(7-9,8-15)14-11-5-3-2-4-10(11)13/h2-5,9,14-15H,6-8H2,1H3. The van der Waals surface area contributed by atoms with E-state index in [0.29, 0.717) is 0 Å². The van der Waals surface area contributed by atoms with Crippen LogP contribution in [0.25, 0.3) is 0 Å². The number of aliphatic hydroxyl groups excluding tert-OH is 1. The normalized spacial score (nSPS) is 28.6. The van der Waals surface area contributed by atoms with E-state index < -0.39 is 0 Å². The first-order chi connectivity index (χ1) is 7.69. The van der Waals surface area contributed by atoms with Gasteiger partial charge in [0.2, 0.25) is 0 Å². The van der Waals surface area contributed by atoms with Gasteiger partial charge in [0.25, 0.3) is 0 Å². The quantitative estimate of drug-likeness (QED) is 0.893. The lowest BCUT2D eigenvalue weighted by atomic mass is 9.74. The molecule has 0 unspecified atom stereocenters. The first-order valence-electron chi connectivity index (χ1n) is 5.35. The molecular formula is C12H16BrNO2. The summed E-state index contributed by atoms with van der Waals surface area (Å²) in [6, 6.07) is 7.94. The molecule has 0 atom stereocenters. The fraction of sp³-hybridized carbons (Fsp3) is 0.500. The lowest BCUT2D eigenvalue weighted by Crippen LogP contribution is -2.56. The van der Waals surface area contributed by atoms with E-state index in [9.17, 15) is 5.11 Å². The maximum Gasteiger partial charge on any atom is 0.0663 e. The number of rotatable bonds is 4. The molecule has 0 heterocycles. The fourth-order valence-electron chi connectivity index (χ4n) is 2.10. The maximum atomic E-state index is 9.47. The molecule has 2 N–H and O–H groups in total. The van der Waals surface area contributed by atoms with Crippen molar-refractivity contribution < 1.29 is 9.84 Å². The summed E-state index contributed by atoms with van der Waals surface area (Å²) in [5.41, 5.74) is 0.802. The van der Waals surface area contributed by atoms with Gasteiger partial charge in [0, 0.05) is 17.3 Å². The van der Waals surface area contributed by atoms with Crippen LogP contribution in [0.1, 0.15) is 12.8 Å². The Morgan fingerprint density at radius 3 is 2.75 bits per heavy atom. The third kappa shape index (κ3) is 2.24. The number of anilines is 1. The number of benzene rings is 1. The first-order valence-corrected chi connectivity index (χ1v) is 6.15. The second kappa shape index (κ2) is 4.73. The number of ether oxygens (including phenoxy) is 1. The molecule has 1 aliphatic rings. The van der Waals surface area contributed by atoms with E-state index in [-0.39, 0.29) is 18.2 Å². The molecule has 16 heavy (non-hydrogen) atoms. The topological polar surface area (TPSA) is 41.5 Å². The van der Waals surface area contributed by atoms with Gasteiger partial charge in [-0.1, -0.05) is 12.1 Å². The molecule has 1 aromatic carbocycles. The molecule has 1 aromatic rings. The first kappa shape index (κ1) is 11.9. The summed E-state index contributed by atoms with van der Waals surface area (Å²) >= 11 is 3.49. The highest BCUT2D eigenvalue weighted by molar-refractivity contribution is 9.10. The van der Waals surface area contributed by atoms with Gasteiger partial charge in [0.15, 0.2) is 0 Å². The molecule has 0 bridgehead atoms. The van der Waals surface area contributed by atoms with Crippen molar-refractivity contribution in [3.05, 3.63) is 28.7 Å². The maximum absolute atomic E-state index is 9.47. The van der Waals surface area contributed by atoms with E-state index >= 15 is 0 Å². The zero-order chi connectivity index (χ0) is 11.6. The monoisotopic (exact) mass is 285 g/mol. The van der Waals surface area contributed by atoms with Crippen molar-refractivity contribution in [1.29, 1.82) is 0 Å². The molecule has 0 radical (unpaired) electrons. The van der Waals surface area contributed by atoms with Gasteiger partial charge in [0.05, 0.1) is 18.2 Å². The van der Waals surface area contributed by atoms with Gasteiger partial charge in [-0.2, -0.15) is 0 Å². The lowest BCUT2D eigenvalue weighted by Gasteiger charge is -2.47. The minimum Gasteiger partial charge on any atom is -0.394 e. The SMILES string of the molecule is COC1CC(CO)(Nc2ccccc2Br)C1. The molecule has 88 valence electrons. The average molecular weight is 286 g/mol. The van der Waals surface area contributed by atoms with Crippen LogP contribution in [0.5, 0.6) is 0 Å². The molecular weight excluding hydrogens is 270 g/mol. The van der Waals surface area contributed by atoms with Crippen molar-refractivity contribution in [2.45, 2.75) is 24.5 Å². The van der Waals surface area contributed by atoms with E-state index in [1.807, 2.05) is 24.3 Å².